The summed E-state index contributed by atoms with van der Waals surface area (Å²) < 4.78 is 5.50. The van der Waals surface area contributed by atoms with Crippen LogP contribution in [0, 0.1) is 13.8 Å². The number of aromatic amines is 1. The Kier molecular flexibility index (Phi) is 3.91. The molecule has 0 saturated carbocycles. The molecule has 2 aliphatic heterocycles. The second kappa shape index (κ2) is 6.48. The Balaban J connectivity index is 1.65. The van der Waals surface area contributed by atoms with Gasteiger partial charge in [0, 0.05) is 35.2 Å². The fourth-order valence-electron chi connectivity index (χ4n) is 4.09. The van der Waals surface area contributed by atoms with E-state index in [0.29, 0.717) is 23.5 Å². The van der Waals surface area contributed by atoms with E-state index < -0.39 is 0 Å². The number of nitrogens with zero attached hydrogens (tertiary/aromatic N) is 1. The van der Waals surface area contributed by atoms with Gasteiger partial charge in [0.2, 0.25) is 5.91 Å². The summed E-state index contributed by atoms with van der Waals surface area (Å²) in [6.07, 6.45) is 2.09. The van der Waals surface area contributed by atoms with E-state index in [9.17, 15) is 9.59 Å². The average Bonchev–Trinajstić information content (AvgIpc) is 3.17. The summed E-state index contributed by atoms with van der Waals surface area (Å²) in [6.45, 7) is 4.09. The number of anilines is 2. The Morgan fingerprint density at radius 3 is 2.69 bits per heavy atom. The highest BCUT2D eigenvalue weighted by Crippen LogP contribution is 2.45. The summed E-state index contributed by atoms with van der Waals surface area (Å²) in [6, 6.07) is 9.96. The molecule has 2 aromatic carbocycles. The van der Waals surface area contributed by atoms with E-state index in [4.69, 9.17) is 4.74 Å². The van der Waals surface area contributed by atoms with Crippen molar-refractivity contribution in [2.75, 3.05) is 17.2 Å². The van der Waals surface area contributed by atoms with Crippen molar-refractivity contribution < 1.29 is 14.3 Å². The smallest absolute Gasteiger partial charge is 0.262 e. The lowest BCUT2D eigenvalue weighted by Gasteiger charge is -2.29. The highest BCUT2D eigenvalue weighted by atomic mass is 16.5. The third kappa shape index (κ3) is 2.95. The van der Waals surface area contributed by atoms with Crippen molar-refractivity contribution in [3.05, 3.63) is 58.8 Å². The summed E-state index contributed by atoms with van der Waals surface area (Å²) in [7, 11) is 0. The fourth-order valence-corrected chi connectivity index (χ4v) is 4.09. The Hall–Kier alpha value is -3.61. The third-order valence-electron chi connectivity index (χ3n) is 5.53. The summed E-state index contributed by atoms with van der Waals surface area (Å²) in [5, 5.41) is 13.2. The number of fused-ring (bicyclic) bond motifs is 2. The highest BCUT2D eigenvalue weighted by molar-refractivity contribution is 6.00. The van der Waals surface area contributed by atoms with E-state index in [0.717, 1.165) is 33.5 Å². The average molecular weight is 388 g/mol. The maximum absolute atomic E-state index is 12.5. The highest BCUT2D eigenvalue weighted by Gasteiger charge is 2.32. The van der Waals surface area contributed by atoms with Crippen LogP contribution in [0.5, 0.6) is 5.75 Å². The summed E-state index contributed by atoms with van der Waals surface area (Å²) >= 11 is 0. The van der Waals surface area contributed by atoms with Gasteiger partial charge in [-0.15, -0.1) is 0 Å². The van der Waals surface area contributed by atoms with Crippen LogP contribution in [0.25, 0.3) is 11.3 Å². The van der Waals surface area contributed by atoms with E-state index in [1.54, 1.807) is 12.3 Å². The van der Waals surface area contributed by atoms with E-state index in [2.05, 4.69) is 52.9 Å². The largest absolute Gasteiger partial charge is 0.482 e. The molecule has 3 aromatic rings. The maximum atomic E-state index is 12.5. The number of hydrogen-bond acceptors (Lipinski definition) is 4. The lowest BCUT2D eigenvalue weighted by Crippen LogP contribution is -2.28. The summed E-state index contributed by atoms with van der Waals surface area (Å²) in [5.74, 6) is 0.131. The maximum Gasteiger partial charge on any atom is 0.262 e. The third-order valence-corrected chi connectivity index (χ3v) is 5.53. The van der Waals surface area contributed by atoms with Gasteiger partial charge >= 0.3 is 0 Å². The van der Waals surface area contributed by atoms with E-state index >= 15 is 0 Å². The van der Waals surface area contributed by atoms with Crippen LogP contribution in [0.15, 0.2) is 36.5 Å². The lowest BCUT2D eigenvalue weighted by molar-refractivity contribution is -0.119. The number of carbonyl (C=O) groups excluding carboxylic acids is 2. The van der Waals surface area contributed by atoms with Crippen LogP contribution in [0.2, 0.25) is 0 Å². The number of aromatic nitrogens is 2. The first kappa shape index (κ1) is 17.5. The Morgan fingerprint density at radius 2 is 1.83 bits per heavy atom. The number of benzene rings is 2. The molecule has 7 nitrogen and oxygen atoms in total. The zero-order valence-electron chi connectivity index (χ0n) is 16.1. The molecule has 146 valence electrons. The SMILES string of the molecule is Cc1ccc(C)c(-c2[nH]ncc2C2CC(=O)Nc3cc4c(cc32)NC(=O)CO4)c1. The molecule has 0 spiro atoms. The molecule has 0 aliphatic carbocycles. The molecule has 1 atom stereocenters. The van der Waals surface area contributed by atoms with Gasteiger partial charge in [-0.25, -0.2) is 0 Å². The number of ether oxygens (including phenoxy) is 1. The molecule has 2 aliphatic rings. The Morgan fingerprint density at radius 1 is 1.00 bits per heavy atom. The van der Waals surface area contributed by atoms with Gasteiger partial charge in [0.05, 0.1) is 17.6 Å². The van der Waals surface area contributed by atoms with Crippen molar-refractivity contribution in [2.45, 2.75) is 26.2 Å². The van der Waals surface area contributed by atoms with Crippen LogP contribution in [-0.4, -0.2) is 28.6 Å². The normalized spacial score (nSPS) is 17.7. The van der Waals surface area contributed by atoms with E-state index in [-0.39, 0.29) is 24.3 Å². The molecule has 2 amide bonds. The molecule has 7 heteroatoms. The monoisotopic (exact) mass is 388 g/mol. The predicted octanol–water partition coefficient (Wildman–Crippen LogP) is 3.50. The number of rotatable bonds is 2. The minimum atomic E-state index is -0.187. The minimum absolute atomic E-state index is 0.0261. The number of H-pyrrole nitrogens is 1. The van der Waals surface area contributed by atoms with Gasteiger partial charge in [-0.2, -0.15) is 5.10 Å². The predicted molar refractivity (Wildman–Crippen MR) is 109 cm³/mol. The molecule has 3 N–H and O–H groups in total. The molecule has 0 radical (unpaired) electrons. The van der Waals surface area contributed by atoms with Crippen molar-refractivity contribution >= 4 is 23.2 Å². The molecule has 5 rings (SSSR count). The van der Waals surface area contributed by atoms with Crippen LogP contribution in [0.4, 0.5) is 11.4 Å². The fraction of sp³-hybridized carbons (Fsp3) is 0.227. The number of aryl methyl sites for hydroxylation is 2. The van der Waals surface area contributed by atoms with Gasteiger partial charge in [0.1, 0.15) is 5.75 Å². The molecular weight excluding hydrogens is 368 g/mol. The van der Waals surface area contributed by atoms with Crippen LogP contribution in [0.3, 0.4) is 0 Å². The van der Waals surface area contributed by atoms with E-state index in [1.807, 2.05) is 6.07 Å². The van der Waals surface area contributed by atoms with Gasteiger partial charge in [0.15, 0.2) is 6.61 Å². The van der Waals surface area contributed by atoms with Crippen molar-refractivity contribution in [1.82, 2.24) is 10.2 Å². The second-order valence-electron chi connectivity index (χ2n) is 7.60. The van der Waals surface area contributed by atoms with Crippen molar-refractivity contribution in [1.29, 1.82) is 0 Å². The van der Waals surface area contributed by atoms with Crippen LogP contribution in [0.1, 0.15) is 34.6 Å². The zero-order valence-corrected chi connectivity index (χ0v) is 16.1. The molecule has 1 aromatic heterocycles. The molecule has 0 saturated heterocycles. The molecule has 0 bridgehead atoms. The minimum Gasteiger partial charge on any atom is -0.482 e. The first-order valence-electron chi connectivity index (χ1n) is 9.51. The number of amides is 2. The first-order chi connectivity index (χ1) is 14.0. The lowest BCUT2D eigenvalue weighted by atomic mass is 9.83. The Bertz CT molecular complexity index is 1160. The standard InChI is InChI=1S/C22H20N4O3/c1-11-3-4-12(2)13(5-11)22-16(9-23-26-22)14-7-20(27)24-17-8-19-18(6-15(14)17)25-21(28)10-29-19/h3-6,8-9,14H,7,10H2,1-2H3,(H,23,26)(H,24,27)(H,25,28). The number of carbonyl (C=O) groups is 2. The van der Waals surface area contributed by atoms with Gasteiger partial charge in [-0.05, 0) is 37.1 Å². The first-order valence-corrected chi connectivity index (χ1v) is 9.51. The van der Waals surface area contributed by atoms with Crippen LogP contribution < -0.4 is 15.4 Å². The van der Waals surface area contributed by atoms with E-state index in [1.165, 1.54) is 0 Å². The van der Waals surface area contributed by atoms with Gasteiger partial charge in [-0.1, -0.05) is 17.7 Å². The van der Waals surface area contributed by atoms with Crippen molar-refractivity contribution in [3.63, 3.8) is 0 Å². The van der Waals surface area contributed by atoms with Crippen LogP contribution >= 0.6 is 0 Å². The number of nitrogens with one attached hydrogen (secondary N) is 3. The Labute approximate surface area is 167 Å². The van der Waals surface area contributed by atoms with Crippen LogP contribution in [-0.2, 0) is 9.59 Å². The molecule has 1 unspecified atom stereocenters. The van der Waals surface area contributed by atoms with Crippen molar-refractivity contribution in [2.24, 2.45) is 0 Å². The van der Waals surface area contributed by atoms with Gasteiger partial charge in [0.25, 0.3) is 5.91 Å². The molecule has 29 heavy (non-hydrogen) atoms. The number of hydrogen-bond donors (Lipinski definition) is 3. The van der Waals surface area contributed by atoms with Gasteiger partial charge in [-0.3, -0.25) is 14.7 Å². The zero-order chi connectivity index (χ0) is 20.1. The molecule has 3 heterocycles. The molecular formula is C22H20N4O3. The molecule has 0 fully saturated rings. The van der Waals surface area contributed by atoms with Gasteiger partial charge < -0.3 is 15.4 Å². The van der Waals surface area contributed by atoms with Crippen molar-refractivity contribution in [3.8, 4) is 17.0 Å². The summed E-state index contributed by atoms with van der Waals surface area (Å²) in [5.41, 5.74) is 7.48. The second-order valence-corrected chi connectivity index (χ2v) is 7.60. The quantitative estimate of drug-likeness (QED) is 0.626. The topological polar surface area (TPSA) is 96.1 Å². The summed E-state index contributed by atoms with van der Waals surface area (Å²) in [4.78, 5) is 24.2.